The van der Waals surface area contributed by atoms with Crippen molar-refractivity contribution in [2.75, 3.05) is 6.54 Å². The summed E-state index contributed by atoms with van der Waals surface area (Å²) in [4.78, 5) is 20.5. The lowest BCUT2D eigenvalue weighted by Gasteiger charge is -2.02. The van der Waals surface area contributed by atoms with E-state index in [1.165, 1.54) is 0 Å². The Kier molecular flexibility index (Phi) is 4.18. The fourth-order valence-electron chi connectivity index (χ4n) is 2.28. The summed E-state index contributed by atoms with van der Waals surface area (Å²) in [5, 5.41) is 9.88. The third kappa shape index (κ3) is 3.45. The third-order valence-electron chi connectivity index (χ3n) is 3.38. The van der Waals surface area contributed by atoms with E-state index in [1.54, 1.807) is 25.4 Å². The van der Waals surface area contributed by atoms with Gasteiger partial charge in [0.1, 0.15) is 17.3 Å². The monoisotopic (exact) mass is 311 g/mol. The zero-order valence-corrected chi connectivity index (χ0v) is 13.0. The maximum atomic E-state index is 12.1. The van der Waals surface area contributed by atoms with Gasteiger partial charge >= 0.3 is 0 Å². The van der Waals surface area contributed by atoms with E-state index in [1.807, 2.05) is 19.1 Å². The van der Waals surface area contributed by atoms with Gasteiger partial charge in [0.05, 0.1) is 5.56 Å². The number of carbonyl (C=O) groups excluding carboxylic acids is 1. The molecule has 118 valence electrons. The molecule has 23 heavy (non-hydrogen) atoms. The molecule has 0 unspecified atom stereocenters. The Morgan fingerprint density at radius 1 is 1.39 bits per heavy atom. The molecular formula is C16H17N5O2. The molecule has 0 spiro atoms. The highest BCUT2D eigenvalue weighted by Gasteiger charge is 2.13. The number of aryl methyl sites for hydroxylation is 2. The second-order valence-corrected chi connectivity index (χ2v) is 5.18. The quantitative estimate of drug-likeness (QED) is 0.751. The van der Waals surface area contributed by atoms with Gasteiger partial charge in [0.25, 0.3) is 5.91 Å². The number of rotatable bonds is 5. The summed E-state index contributed by atoms with van der Waals surface area (Å²) in [5.74, 6) is 2.51. The predicted molar refractivity (Wildman–Crippen MR) is 83.8 cm³/mol. The minimum Gasteiger partial charge on any atom is -0.466 e. The van der Waals surface area contributed by atoms with Gasteiger partial charge in [-0.15, -0.1) is 0 Å². The summed E-state index contributed by atoms with van der Waals surface area (Å²) in [6.45, 7) is 4.06. The molecule has 0 aliphatic rings. The van der Waals surface area contributed by atoms with Crippen LogP contribution in [-0.2, 0) is 6.42 Å². The van der Waals surface area contributed by atoms with Crippen LogP contribution in [0, 0.1) is 13.8 Å². The highest BCUT2D eigenvalue weighted by atomic mass is 16.3. The molecule has 3 aromatic rings. The first-order valence-electron chi connectivity index (χ1n) is 7.30. The molecule has 3 aromatic heterocycles. The van der Waals surface area contributed by atoms with Crippen LogP contribution in [0.25, 0.3) is 11.4 Å². The molecule has 0 bridgehead atoms. The lowest BCUT2D eigenvalue weighted by atomic mass is 10.2. The number of H-pyrrole nitrogens is 1. The predicted octanol–water partition coefficient (Wildman–Crippen LogP) is 2.05. The first-order valence-corrected chi connectivity index (χ1v) is 7.30. The third-order valence-corrected chi connectivity index (χ3v) is 3.38. The van der Waals surface area contributed by atoms with Gasteiger partial charge in [-0.25, -0.2) is 4.98 Å². The van der Waals surface area contributed by atoms with E-state index in [2.05, 4.69) is 25.5 Å². The van der Waals surface area contributed by atoms with Gasteiger partial charge in [0.15, 0.2) is 5.82 Å². The second-order valence-electron chi connectivity index (χ2n) is 5.18. The Balaban J connectivity index is 1.56. The Morgan fingerprint density at radius 2 is 2.26 bits per heavy atom. The van der Waals surface area contributed by atoms with Crippen LogP contribution in [-0.4, -0.2) is 32.6 Å². The number of nitrogens with zero attached hydrogens (tertiary/aromatic N) is 3. The van der Waals surface area contributed by atoms with E-state index in [9.17, 15) is 4.79 Å². The van der Waals surface area contributed by atoms with Crippen LogP contribution in [0.2, 0.25) is 0 Å². The van der Waals surface area contributed by atoms with Crippen LogP contribution in [0.1, 0.15) is 27.7 Å². The Labute approximate surface area is 133 Å². The average Bonchev–Trinajstić information content (AvgIpc) is 3.14. The van der Waals surface area contributed by atoms with Gasteiger partial charge in [0.2, 0.25) is 0 Å². The lowest BCUT2D eigenvalue weighted by Crippen LogP contribution is -2.26. The zero-order valence-electron chi connectivity index (χ0n) is 13.0. The molecule has 0 atom stereocenters. The molecule has 3 rings (SSSR count). The van der Waals surface area contributed by atoms with Crippen molar-refractivity contribution < 1.29 is 9.21 Å². The number of aromatic amines is 1. The van der Waals surface area contributed by atoms with Gasteiger partial charge < -0.3 is 9.73 Å². The molecule has 0 aliphatic heterocycles. The lowest BCUT2D eigenvalue weighted by molar-refractivity contribution is 0.0952. The van der Waals surface area contributed by atoms with E-state index in [4.69, 9.17) is 4.42 Å². The van der Waals surface area contributed by atoms with Crippen molar-refractivity contribution in [3.63, 3.8) is 0 Å². The van der Waals surface area contributed by atoms with Crippen molar-refractivity contribution in [1.82, 2.24) is 25.5 Å². The number of hydrogen-bond acceptors (Lipinski definition) is 5. The van der Waals surface area contributed by atoms with Crippen LogP contribution >= 0.6 is 0 Å². The number of pyridine rings is 1. The van der Waals surface area contributed by atoms with Gasteiger partial charge in [-0.2, -0.15) is 5.10 Å². The number of nitrogens with one attached hydrogen (secondary N) is 2. The Hall–Kier alpha value is -2.96. The van der Waals surface area contributed by atoms with Crippen LogP contribution in [0.4, 0.5) is 0 Å². The SMILES string of the molecule is Cc1cc(C(=O)NCCc2nc(-c3cccnc3)n[nH]2)c(C)o1. The van der Waals surface area contributed by atoms with Crippen molar-refractivity contribution in [1.29, 1.82) is 0 Å². The molecule has 1 amide bonds. The van der Waals surface area contributed by atoms with Gasteiger partial charge in [-0.3, -0.25) is 14.9 Å². The molecule has 0 saturated heterocycles. The summed E-state index contributed by atoms with van der Waals surface area (Å²) in [7, 11) is 0. The number of aromatic nitrogens is 4. The topological polar surface area (TPSA) is 96.7 Å². The maximum Gasteiger partial charge on any atom is 0.254 e. The number of amides is 1. The van der Waals surface area contributed by atoms with Gasteiger partial charge in [-0.05, 0) is 32.0 Å². The first kappa shape index (κ1) is 15.0. The van der Waals surface area contributed by atoms with Crippen LogP contribution in [0.5, 0.6) is 0 Å². The van der Waals surface area contributed by atoms with Crippen molar-refractivity contribution >= 4 is 5.91 Å². The highest BCUT2D eigenvalue weighted by Crippen LogP contribution is 2.14. The largest absolute Gasteiger partial charge is 0.466 e. The van der Waals surface area contributed by atoms with Crippen molar-refractivity contribution in [2.45, 2.75) is 20.3 Å². The fraction of sp³-hybridized carbons (Fsp3) is 0.250. The number of furan rings is 1. The molecule has 0 saturated carbocycles. The standard InChI is InChI=1S/C16H17N5O2/c1-10-8-13(11(2)23-10)16(22)18-7-5-14-19-15(21-20-14)12-4-3-6-17-9-12/h3-4,6,8-9H,5,7H2,1-2H3,(H,18,22)(H,19,20,21). The molecule has 0 fully saturated rings. The van der Waals surface area contributed by atoms with Crippen LogP contribution in [0.15, 0.2) is 35.0 Å². The van der Waals surface area contributed by atoms with Crippen LogP contribution < -0.4 is 5.32 Å². The minimum absolute atomic E-state index is 0.147. The number of carbonyl (C=O) groups is 1. The normalized spacial score (nSPS) is 10.7. The zero-order chi connectivity index (χ0) is 16.2. The van der Waals surface area contributed by atoms with E-state index < -0.39 is 0 Å². The van der Waals surface area contributed by atoms with Crippen molar-refractivity contribution in [3.8, 4) is 11.4 Å². The van der Waals surface area contributed by atoms with Crippen LogP contribution in [0.3, 0.4) is 0 Å². The Bertz CT molecular complexity index is 807. The average molecular weight is 311 g/mol. The summed E-state index contributed by atoms with van der Waals surface area (Å²) >= 11 is 0. The van der Waals surface area contributed by atoms with Crippen molar-refractivity contribution in [2.24, 2.45) is 0 Å². The van der Waals surface area contributed by atoms with E-state index in [0.717, 1.165) is 11.3 Å². The smallest absolute Gasteiger partial charge is 0.254 e. The molecule has 7 heteroatoms. The second kappa shape index (κ2) is 6.43. The summed E-state index contributed by atoms with van der Waals surface area (Å²) in [6.07, 6.45) is 3.97. The van der Waals surface area contributed by atoms with E-state index >= 15 is 0 Å². The summed E-state index contributed by atoms with van der Waals surface area (Å²) in [5.41, 5.74) is 1.42. The molecule has 0 radical (unpaired) electrons. The van der Waals surface area contributed by atoms with Gasteiger partial charge in [-0.1, -0.05) is 0 Å². The molecule has 2 N–H and O–H groups in total. The fourth-order valence-corrected chi connectivity index (χ4v) is 2.28. The minimum atomic E-state index is -0.147. The summed E-state index contributed by atoms with van der Waals surface area (Å²) < 4.78 is 5.36. The molecule has 0 aliphatic carbocycles. The molecular weight excluding hydrogens is 294 g/mol. The highest BCUT2D eigenvalue weighted by molar-refractivity contribution is 5.95. The van der Waals surface area contributed by atoms with Crippen molar-refractivity contribution in [3.05, 3.63) is 53.5 Å². The summed E-state index contributed by atoms with van der Waals surface area (Å²) in [6, 6.07) is 5.46. The maximum absolute atomic E-state index is 12.1. The molecule has 0 aromatic carbocycles. The van der Waals surface area contributed by atoms with E-state index in [-0.39, 0.29) is 5.91 Å². The number of hydrogen-bond donors (Lipinski definition) is 2. The van der Waals surface area contributed by atoms with E-state index in [0.29, 0.717) is 35.9 Å². The first-order chi connectivity index (χ1) is 11.1. The Morgan fingerprint density at radius 3 is 2.96 bits per heavy atom. The van der Waals surface area contributed by atoms with Gasteiger partial charge in [0, 0.05) is 30.9 Å². The molecule has 3 heterocycles. The molecule has 7 nitrogen and oxygen atoms in total.